The quantitative estimate of drug-likeness (QED) is 0.514. The summed E-state index contributed by atoms with van der Waals surface area (Å²) in [6.07, 6.45) is 0. The summed E-state index contributed by atoms with van der Waals surface area (Å²) >= 11 is 1.19. The van der Waals surface area contributed by atoms with Crippen molar-refractivity contribution in [3.05, 3.63) is 29.8 Å². The Morgan fingerprint density at radius 2 is 2.16 bits per heavy atom. The van der Waals surface area contributed by atoms with Gasteiger partial charge < -0.3 is 10.6 Å². The van der Waals surface area contributed by atoms with Crippen LogP contribution in [-0.4, -0.2) is 33.7 Å². The number of methoxy groups -OCH3 is 1. The zero-order valence-corrected chi connectivity index (χ0v) is 11.5. The van der Waals surface area contributed by atoms with Crippen molar-refractivity contribution in [2.24, 2.45) is 0 Å². The number of carbonyl (C=O) groups is 1. The average Bonchev–Trinajstić information content (AvgIpc) is 2.78. The van der Waals surface area contributed by atoms with Gasteiger partial charge in [0, 0.05) is 5.56 Å². The van der Waals surface area contributed by atoms with Crippen molar-refractivity contribution in [1.29, 1.82) is 0 Å². The number of hydrogen-bond donors (Lipinski definition) is 1. The van der Waals surface area contributed by atoms with Gasteiger partial charge in [-0.25, -0.2) is 4.68 Å². The van der Waals surface area contributed by atoms with Gasteiger partial charge in [0.15, 0.2) is 5.82 Å². The maximum Gasteiger partial charge on any atom is 0.316 e. The van der Waals surface area contributed by atoms with Crippen LogP contribution < -0.4 is 5.84 Å². The van der Waals surface area contributed by atoms with Crippen LogP contribution in [-0.2, 0) is 9.53 Å². The van der Waals surface area contributed by atoms with E-state index in [1.54, 1.807) is 0 Å². The Bertz CT molecular complexity index is 597. The number of carbonyl (C=O) groups excluding carboxylic acids is 1. The van der Waals surface area contributed by atoms with Crippen LogP contribution in [0, 0.1) is 6.92 Å². The summed E-state index contributed by atoms with van der Waals surface area (Å²) in [6.45, 7) is 1.98. The highest BCUT2D eigenvalue weighted by molar-refractivity contribution is 7.99. The van der Waals surface area contributed by atoms with Gasteiger partial charge in [-0.15, -0.1) is 10.2 Å². The van der Waals surface area contributed by atoms with Crippen molar-refractivity contribution in [2.45, 2.75) is 12.1 Å². The largest absolute Gasteiger partial charge is 0.468 e. The molecule has 2 aromatic rings. The Balaban J connectivity index is 2.24. The second-order valence-corrected chi connectivity index (χ2v) is 4.80. The topological polar surface area (TPSA) is 83.0 Å². The highest BCUT2D eigenvalue weighted by Crippen LogP contribution is 2.23. The highest BCUT2D eigenvalue weighted by Gasteiger charge is 2.14. The van der Waals surface area contributed by atoms with E-state index in [1.165, 1.54) is 23.5 Å². The molecular weight excluding hydrogens is 264 g/mol. The van der Waals surface area contributed by atoms with Crippen molar-refractivity contribution in [3.8, 4) is 11.4 Å². The average molecular weight is 278 g/mol. The third-order valence-corrected chi connectivity index (χ3v) is 3.51. The van der Waals surface area contributed by atoms with E-state index in [1.807, 2.05) is 31.2 Å². The third-order valence-electron chi connectivity index (χ3n) is 2.60. The molecule has 6 nitrogen and oxygen atoms in total. The summed E-state index contributed by atoms with van der Waals surface area (Å²) in [4.78, 5) is 11.1. The summed E-state index contributed by atoms with van der Waals surface area (Å²) in [5, 5.41) is 8.52. The Hall–Kier alpha value is -2.02. The first-order valence-corrected chi connectivity index (χ1v) is 6.58. The monoisotopic (exact) mass is 278 g/mol. The summed E-state index contributed by atoms with van der Waals surface area (Å²) in [5.41, 5.74) is 1.98. The van der Waals surface area contributed by atoms with Crippen LogP contribution in [0.3, 0.4) is 0 Å². The van der Waals surface area contributed by atoms with Gasteiger partial charge in [0.25, 0.3) is 0 Å². The van der Waals surface area contributed by atoms with Crippen LogP contribution in [0.15, 0.2) is 29.4 Å². The smallest absolute Gasteiger partial charge is 0.316 e. The number of nitrogens with two attached hydrogens (primary N) is 1. The van der Waals surface area contributed by atoms with Crippen molar-refractivity contribution in [1.82, 2.24) is 14.9 Å². The first-order chi connectivity index (χ1) is 9.13. The van der Waals surface area contributed by atoms with Gasteiger partial charge in [0.05, 0.1) is 12.9 Å². The molecule has 19 heavy (non-hydrogen) atoms. The Labute approximate surface area is 114 Å². The predicted octanol–water partition coefficient (Wildman–Crippen LogP) is 1.23. The minimum atomic E-state index is -0.328. The van der Waals surface area contributed by atoms with Gasteiger partial charge in [-0.3, -0.25) is 4.79 Å². The zero-order chi connectivity index (χ0) is 13.8. The Morgan fingerprint density at radius 3 is 2.84 bits per heavy atom. The van der Waals surface area contributed by atoms with E-state index in [9.17, 15) is 4.79 Å². The van der Waals surface area contributed by atoms with Crippen molar-refractivity contribution in [2.75, 3.05) is 18.7 Å². The number of nitrogens with zero attached hydrogens (tertiary/aromatic N) is 3. The predicted molar refractivity (Wildman–Crippen MR) is 73.1 cm³/mol. The molecule has 0 amide bonds. The molecule has 1 heterocycles. The SMILES string of the molecule is COC(=O)CSc1nnc(-c2ccccc2C)n1N. The number of aromatic nitrogens is 3. The second-order valence-electron chi connectivity index (χ2n) is 3.86. The maximum absolute atomic E-state index is 11.1. The molecule has 2 rings (SSSR count). The molecule has 100 valence electrons. The molecular formula is C12H14N4O2S. The molecule has 1 aromatic carbocycles. The van der Waals surface area contributed by atoms with E-state index in [-0.39, 0.29) is 11.7 Å². The summed E-state index contributed by atoms with van der Waals surface area (Å²) in [7, 11) is 1.34. The van der Waals surface area contributed by atoms with E-state index in [0.717, 1.165) is 11.1 Å². The normalized spacial score (nSPS) is 10.4. The highest BCUT2D eigenvalue weighted by atomic mass is 32.2. The number of nitrogen functional groups attached to an aromatic ring is 1. The van der Waals surface area contributed by atoms with Gasteiger partial charge >= 0.3 is 5.97 Å². The van der Waals surface area contributed by atoms with Gasteiger partial charge in [-0.1, -0.05) is 36.0 Å². The van der Waals surface area contributed by atoms with E-state index < -0.39 is 0 Å². The number of benzene rings is 1. The van der Waals surface area contributed by atoms with Gasteiger partial charge in [-0.2, -0.15) is 0 Å². The number of hydrogen-bond acceptors (Lipinski definition) is 6. The Morgan fingerprint density at radius 1 is 1.42 bits per heavy atom. The third kappa shape index (κ3) is 2.87. The fourth-order valence-corrected chi connectivity index (χ4v) is 2.25. The molecule has 0 aliphatic heterocycles. The van der Waals surface area contributed by atoms with Gasteiger partial charge in [0.2, 0.25) is 5.16 Å². The first-order valence-electron chi connectivity index (χ1n) is 5.59. The molecule has 7 heteroatoms. The number of aryl methyl sites for hydroxylation is 1. The standard InChI is InChI=1S/C12H14N4O2S/c1-8-5-3-4-6-9(8)11-14-15-12(16(11)13)19-7-10(17)18-2/h3-6H,7,13H2,1-2H3. The minimum Gasteiger partial charge on any atom is -0.468 e. The molecule has 0 saturated heterocycles. The van der Waals surface area contributed by atoms with Gasteiger partial charge in [0.1, 0.15) is 0 Å². The van der Waals surface area contributed by atoms with Crippen LogP contribution in [0.2, 0.25) is 0 Å². The number of thioether (sulfide) groups is 1. The zero-order valence-electron chi connectivity index (χ0n) is 10.7. The number of esters is 1. The lowest BCUT2D eigenvalue weighted by Gasteiger charge is -2.05. The molecule has 0 bridgehead atoms. The maximum atomic E-state index is 11.1. The van der Waals surface area contributed by atoms with Crippen molar-refractivity contribution >= 4 is 17.7 Å². The van der Waals surface area contributed by atoms with Crippen LogP contribution >= 0.6 is 11.8 Å². The number of rotatable bonds is 4. The number of ether oxygens (including phenoxy) is 1. The summed E-state index contributed by atoms with van der Waals surface area (Å²) in [5.74, 6) is 6.35. The Kier molecular flexibility index (Phi) is 4.06. The van der Waals surface area contributed by atoms with E-state index >= 15 is 0 Å². The van der Waals surface area contributed by atoms with E-state index in [4.69, 9.17) is 5.84 Å². The fourth-order valence-electron chi connectivity index (χ4n) is 1.57. The molecule has 0 radical (unpaired) electrons. The molecule has 0 aliphatic carbocycles. The minimum absolute atomic E-state index is 0.152. The summed E-state index contributed by atoms with van der Waals surface area (Å²) in [6, 6.07) is 7.77. The first kappa shape index (κ1) is 13.4. The van der Waals surface area contributed by atoms with Crippen LogP contribution in [0.4, 0.5) is 0 Å². The lowest BCUT2D eigenvalue weighted by molar-refractivity contribution is -0.137. The molecule has 2 N–H and O–H groups in total. The molecule has 1 aromatic heterocycles. The lowest BCUT2D eigenvalue weighted by atomic mass is 10.1. The molecule has 0 saturated carbocycles. The molecule has 0 spiro atoms. The van der Waals surface area contributed by atoms with E-state index in [0.29, 0.717) is 11.0 Å². The lowest BCUT2D eigenvalue weighted by Crippen LogP contribution is -2.13. The van der Waals surface area contributed by atoms with E-state index in [2.05, 4.69) is 14.9 Å². The van der Waals surface area contributed by atoms with Gasteiger partial charge in [-0.05, 0) is 12.5 Å². The second kappa shape index (κ2) is 5.75. The van der Waals surface area contributed by atoms with Crippen LogP contribution in [0.1, 0.15) is 5.56 Å². The molecule has 0 aliphatic rings. The molecule has 0 unspecified atom stereocenters. The fraction of sp³-hybridized carbons (Fsp3) is 0.250. The molecule has 0 atom stereocenters. The van der Waals surface area contributed by atoms with Crippen molar-refractivity contribution in [3.63, 3.8) is 0 Å². The summed E-state index contributed by atoms with van der Waals surface area (Å²) < 4.78 is 5.95. The van der Waals surface area contributed by atoms with Crippen molar-refractivity contribution < 1.29 is 9.53 Å². The van der Waals surface area contributed by atoms with Crippen LogP contribution in [0.5, 0.6) is 0 Å². The molecule has 0 fully saturated rings. The van der Waals surface area contributed by atoms with Crippen LogP contribution in [0.25, 0.3) is 11.4 Å².